The van der Waals surface area contributed by atoms with Crippen molar-refractivity contribution in [1.82, 2.24) is 0 Å². The van der Waals surface area contributed by atoms with Crippen molar-refractivity contribution in [3.05, 3.63) is 36.2 Å². The summed E-state index contributed by atoms with van der Waals surface area (Å²) in [7, 11) is 0. The van der Waals surface area contributed by atoms with Gasteiger partial charge in [0.25, 0.3) is 0 Å². The molecule has 13 heavy (non-hydrogen) atoms. The molecule has 0 aromatic heterocycles. The molecule has 0 heterocycles. The number of alkyl halides is 3. The molecule has 0 unspecified atom stereocenters. The fraction of sp³-hybridized carbons (Fsp3) is 0.222. The molecule has 1 rings (SSSR count). The summed E-state index contributed by atoms with van der Waals surface area (Å²) in [5, 5.41) is 0. The zero-order valence-corrected chi connectivity index (χ0v) is 7.80. The van der Waals surface area contributed by atoms with Crippen molar-refractivity contribution >= 4 is 11.8 Å². The zero-order valence-electron chi connectivity index (χ0n) is 6.98. The van der Waals surface area contributed by atoms with E-state index in [4.69, 9.17) is 0 Å². The van der Waals surface area contributed by atoms with E-state index in [2.05, 4.69) is 6.92 Å². The molecule has 0 spiro atoms. The summed E-state index contributed by atoms with van der Waals surface area (Å²) < 4.78 is 36.7. The van der Waals surface area contributed by atoms with E-state index in [0.717, 1.165) is 12.1 Å². The summed E-state index contributed by atoms with van der Waals surface area (Å²) >= 11 is 1.27. The molecule has 0 saturated heterocycles. The summed E-state index contributed by atoms with van der Waals surface area (Å²) in [5.41, 5.74) is -0.247. The van der Waals surface area contributed by atoms with E-state index in [0.29, 0.717) is 10.5 Å². The maximum Gasteiger partial charge on any atom is 0.416 e. The Morgan fingerprint density at radius 1 is 1.23 bits per heavy atom. The lowest BCUT2D eigenvalue weighted by Crippen LogP contribution is -2.05. The normalized spacial score (nSPS) is 11.8. The monoisotopic (exact) mass is 205 g/mol. The minimum atomic E-state index is -4.28. The van der Waals surface area contributed by atoms with Crippen LogP contribution < -0.4 is 0 Å². The molecule has 1 aromatic carbocycles. The Labute approximate surface area is 79.1 Å². The van der Waals surface area contributed by atoms with Crippen LogP contribution in [0.5, 0.6) is 0 Å². The van der Waals surface area contributed by atoms with E-state index in [1.807, 2.05) is 0 Å². The largest absolute Gasteiger partial charge is 0.416 e. The standard InChI is InChI=1S/C9H8F3S/c1-6-3-7(9(10,11)12)5-8(4-6)13-2/h3-5H,1H2,2H3. The van der Waals surface area contributed by atoms with Gasteiger partial charge < -0.3 is 0 Å². The van der Waals surface area contributed by atoms with Crippen molar-refractivity contribution < 1.29 is 13.2 Å². The number of hydrogen-bond donors (Lipinski definition) is 0. The zero-order chi connectivity index (χ0) is 10.1. The summed E-state index contributed by atoms with van der Waals surface area (Å²) in [4.78, 5) is 0.583. The number of benzene rings is 1. The predicted molar refractivity (Wildman–Crippen MR) is 47.7 cm³/mol. The second-order valence-corrected chi connectivity index (χ2v) is 3.45. The maximum atomic E-state index is 12.2. The molecule has 1 aromatic rings. The van der Waals surface area contributed by atoms with Crippen LogP contribution in [-0.4, -0.2) is 6.26 Å². The first-order valence-electron chi connectivity index (χ1n) is 3.51. The first-order valence-corrected chi connectivity index (χ1v) is 4.74. The van der Waals surface area contributed by atoms with Gasteiger partial charge in [0.2, 0.25) is 0 Å². The first-order chi connectivity index (χ1) is 5.93. The molecule has 0 atom stereocenters. The maximum absolute atomic E-state index is 12.2. The molecule has 1 radical (unpaired) electrons. The lowest BCUT2D eigenvalue weighted by molar-refractivity contribution is -0.137. The highest BCUT2D eigenvalue weighted by atomic mass is 32.2. The van der Waals surface area contributed by atoms with Crippen molar-refractivity contribution in [3.8, 4) is 0 Å². The van der Waals surface area contributed by atoms with E-state index in [9.17, 15) is 13.2 Å². The van der Waals surface area contributed by atoms with E-state index in [-0.39, 0.29) is 0 Å². The molecule has 0 amide bonds. The average molecular weight is 205 g/mol. The first kappa shape index (κ1) is 10.4. The molecular formula is C9H8F3S. The van der Waals surface area contributed by atoms with Crippen LogP contribution in [0.25, 0.3) is 0 Å². The van der Waals surface area contributed by atoms with Gasteiger partial charge in [-0.05, 0) is 36.9 Å². The second kappa shape index (κ2) is 3.62. The Bertz CT molecular complexity index is 304. The molecule has 0 aliphatic heterocycles. The van der Waals surface area contributed by atoms with Crippen molar-refractivity contribution in [1.29, 1.82) is 0 Å². The van der Waals surface area contributed by atoms with E-state index < -0.39 is 11.7 Å². The van der Waals surface area contributed by atoms with Gasteiger partial charge in [0, 0.05) is 4.90 Å². The lowest BCUT2D eigenvalue weighted by atomic mass is 10.1. The molecule has 0 nitrogen and oxygen atoms in total. The molecular weight excluding hydrogens is 197 g/mol. The van der Waals surface area contributed by atoms with Crippen LogP contribution in [0.2, 0.25) is 0 Å². The third-order valence-electron chi connectivity index (χ3n) is 1.53. The average Bonchev–Trinajstić information content (AvgIpc) is 2.01. The van der Waals surface area contributed by atoms with Crippen LogP contribution in [0.15, 0.2) is 23.1 Å². The number of halogens is 3. The minimum Gasteiger partial charge on any atom is -0.166 e. The highest BCUT2D eigenvalue weighted by molar-refractivity contribution is 7.98. The number of thioether (sulfide) groups is 1. The van der Waals surface area contributed by atoms with Crippen LogP contribution in [0.3, 0.4) is 0 Å². The summed E-state index contributed by atoms with van der Waals surface area (Å²) in [6, 6.07) is 3.79. The van der Waals surface area contributed by atoms with Crippen LogP contribution in [0, 0.1) is 6.92 Å². The van der Waals surface area contributed by atoms with Gasteiger partial charge in [-0.15, -0.1) is 11.8 Å². The van der Waals surface area contributed by atoms with Crippen LogP contribution in [0.4, 0.5) is 13.2 Å². The van der Waals surface area contributed by atoms with Gasteiger partial charge in [0.1, 0.15) is 0 Å². The molecule has 0 N–H and O–H groups in total. The summed E-state index contributed by atoms with van der Waals surface area (Å²) in [5.74, 6) is 0. The molecule has 0 bridgehead atoms. The summed E-state index contributed by atoms with van der Waals surface area (Å²) in [6.07, 6.45) is -2.55. The number of rotatable bonds is 1. The van der Waals surface area contributed by atoms with Gasteiger partial charge in [-0.25, -0.2) is 0 Å². The van der Waals surface area contributed by atoms with Gasteiger partial charge in [0.15, 0.2) is 0 Å². The van der Waals surface area contributed by atoms with Crippen LogP contribution >= 0.6 is 11.8 Å². The molecule has 0 saturated carbocycles. The Kier molecular flexibility index (Phi) is 2.91. The molecule has 4 heteroatoms. The molecule has 0 aliphatic carbocycles. The van der Waals surface area contributed by atoms with Gasteiger partial charge in [0.05, 0.1) is 5.56 Å². The number of hydrogen-bond acceptors (Lipinski definition) is 1. The van der Waals surface area contributed by atoms with Crippen molar-refractivity contribution in [2.75, 3.05) is 6.26 Å². The highest BCUT2D eigenvalue weighted by Gasteiger charge is 2.30. The Balaban J connectivity index is 3.16. The smallest absolute Gasteiger partial charge is 0.166 e. The Hall–Kier alpha value is -0.640. The van der Waals surface area contributed by atoms with E-state index >= 15 is 0 Å². The third kappa shape index (κ3) is 2.66. The topological polar surface area (TPSA) is 0 Å². The van der Waals surface area contributed by atoms with Gasteiger partial charge in [-0.3, -0.25) is 0 Å². The van der Waals surface area contributed by atoms with Gasteiger partial charge in [-0.2, -0.15) is 13.2 Å². The van der Waals surface area contributed by atoms with E-state index in [1.165, 1.54) is 11.8 Å². The fourth-order valence-corrected chi connectivity index (χ4v) is 1.46. The Morgan fingerprint density at radius 3 is 2.31 bits per heavy atom. The Morgan fingerprint density at radius 2 is 1.85 bits per heavy atom. The quantitative estimate of drug-likeness (QED) is 0.631. The van der Waals surface area contributed by atoms with Crippen molar-refractivity contribution in [2.45, 2.75) is 11.1 Å². The van der Waals surface area contributed by atoms with Gasteiger partial charge >= 0.3 is 6.18 Å². The van der Waals surface area contributed by atoms with Crippen LogP contribution in [0.1, 0.15) is 11.1 Å². The van der Waals surface area contributed by atoms with E-state index in [1.54, 1.807) is 12.3 Å². The van der Waals surface area contributed by atoms with Crippen LogP contribution in [-0.2, 0) is 6.18 Å². The third-order valence-corrected chi connectivity index (χ3v) is 2.24. The fourth-order valence-electron chi connectivity index (χ4n) is 0.942. The van der Waals surface area contributed by atoms with Crippen molar-refractivity contribution in [3.63, 3.8) is 0 Å². The van der Waals surface area contributed by atoms with Crippen molar-refractivity contribution in [2.24, 2.45) is 0 Å². The SMILES string of the molecule is [CH2]c1cc(SC)cc(C(F)(F)F)c1. The second-order valence-electron chi connectivity index (χ2n) is 2.57. The molecule has 0 aliphatic rings. The highest BCUT2D eigenvalue weighted by Crippen LogP contribution is 2.32. The molecule has 0 fully saturated rings. The summed E-state index contributed by atoms with van der Waals surface area (Å²) in [6.45, 7) is 3.49. The lowest BCUT2D eigenvalue weighted by Gasteiger charge is -2.08. The predicted octanol–water partition coefficient (Wildman–Crippen LogP) is 3.61. The van der Waals surface area contributed by atoms with Gasteiger partial charge in [-0.1, -0.05) is 0 Å². The minimum absolute atomic E-state index is 0.388. The molecule has 71 valence electrons.